The van der Waals surface area contributed by atoms with Gasteiger partial charge in [0, 0.05) is 6.20 Å². The van der Waals surface area contributed by atoms with E-state index in [0.717, 1.165) is 0 Å². The van der Waals surface area contributed by atoms with Crippen LogP contribution in [0.5, 0.6) is 0 Å². The zero-order valence-corrected chi connectivity index (χ0v) is 12.9. The highest BCUT2D eigenvalue weighted by Gasteiger charge is 2.27. The minimum Gasteiger partial charge on any atom is -0.459 e. The van der Waals surface area contributed by atoms with E-state index in [9.17, 15) is 14.4 Å². The van der Waals surface area contributed by atoms with Crippen LogP contribution in [0.2, 0.25) is 0 Å². The third-order valence-electron chi connectivity index (χ3n) is 3.20. The van der Waals surface area contributed by atoms with Crippen LogP contribution in [-0.2, 0) is 9.53 Å². The summed E-state index contributed by atoms with van der Waals surface area (Å²) in [6, 6.07) is 5.47. The number of nitrogens with one attached hydrogen (secondary N) is 2. The Morgan fingerprint density at radius 1 is 1.26 bits per heavy atom. The first-order valence-electron chi connectivity index (χ1n) is 7.16. The number of furan rings is 1. The predicted octanol–water partition coefficient (Wildman–Crippen LogP) is 1.79. The third-order valence-corrected chi connectivity index (χ3v) is 3.20. The van der Waals surface area contributed by atoms with Gasteiger partial charge < -0.3 is 19.5 Å². The molecule has 0 saturated heterocycles. The highest BCUT2D eigenvalue weighted by molar-refractivity contribution is 5.97. The number of Topliss-reactive ketones (excluding diaryl/α,β-unsaturated/α-hetero) is 1. The van der Waals surface area contributed by atoms with E-state index in [-0.39, 0.29) is 24.1 Å². The first-order valence-corrected chi connectivity index (χ1v) is 7.16. The van der Waals surface area contributed by atoms with Crippen molar-refractivity contribution in [3.63, 3.8) is 0 Å². The standard InChI is InChI=1S/C16H18N2O5/c1-10(2)14(18-15(20)13-6-4-8-22-13)16(21)23-9-12(19)11-5-3-7-17-11/h3-8,10,14,17H,9H2,1-2H3,(H,18,20)/t14-/m0/s1. The summed E-state index contributed by atoms with van der Waals surface area (Å²) in [5.41, 5.74) is 0.360. The lowest BCUT2D eigenvalue weighted by Crippen LogP contribution is -2.45. The molecule has 2 aromatic rings. The van der Waals surface area contributed by atoms with E-state index >= 15 is 0 Å². The summed E-state index contributed by atoms with van der Waals surface area (Å²) in [6.45, 7) is 3.14. The SMILES string of the molecule is CC(C)[C@H](NC(=O)c1ccco1)C(=O)OCC(=O)c1ccc[nH]1. The van der Waals surface area contributed by atoms with Gasteiger partial charge in [0.2, 0.25) is 5.78 Å². The van der Waals surface area contributed by atoms with Gasteiger partial charge in [-0.25, -0.2) is 4.79 Å². The van der Waals surface area contributed by atoms with Gasteiger partial charge in [-0.1, -0.05) is 13.8 Å². The van der Waals surface area contributed by atoms with Crippen LogP contribution in [0.4, 0.5) is 0 Å². The molecule has 2 N–H and O–H groups in total. The van der Waals surface area contributed by atoms with Crippen LogP contribution in [-0.4, -0.2) is 35.3 Å². The second-order valence-electron chi connectivity index (χ2n) is 5.29. The van der Waals surface area contributed by atoms with Crippen molar-refractivity contribution in [2.75, 3.05) is 6.61 Å². The number of hydrogen-bond donors (Lipinski definition) is 2. The molecule has 0 radical (unpaired) electrons. The van der Waals surface area contributed by atoms with Crippen LogP contribution in [0.15, 0.2) is 41.1 Å². The molecule has 0 fully saturated rings. The van der Waals surface area contributed by atoms with Gasteiger partial charge in [0.15, 0.2) is 12.4 Å². The molecule has 0 bridgehead atoms. The molecule has 1 atom stereocenters. The first-order chi connectivity index (χ1) is 11.0. The van der Waals surface area contributed by atoms with Crippen molar-refractivity contribution < 1.29 is 23.5 Å². The summed E-state index contributed by atoms with van der Waals surface area (Å²) in [5, 5.41) is 2.55. The lowest BCUT2D eigenvalue weighted by atomic mass is 10.0. The maximum atomic E-state index is 12.1. The van der Waals surface area contributed by atoms with Crippen molar-refractivity contribution in [2.24, 2.45) is 5.92 Å². The van der Waals surface area contributed by atoms with Gasteiger partial charge in [0.25, 0.3) is 5.91 Å². The highest BCUT2D eigenvalue weighted by atomic mass is 16.5. The normalized spacial score (nSPS) is 12.0. The summed E-state index contributed by atoms with van der Waals surface area (Å²) in [4.78, 5) is 38.6. The molecule has 7 heteroatoms. The Hall–Kier alpha value is -2.83. The Labute approximate surface area is 133 Å². The fourth-order valence-corrected chi connectivity index (χ4v) is 1.93. The Balaban J connectivity index is 1.93. The Kier molecular flexibility index (Phi) is 5.35. The van der Waals surface area contributed by atoms with E-state index in [2.05, 4.69) is 10.3 Å². The zero-order valence-electron chi connectivity index (χ0n) is 12.9. The van der Waals surface area contributed by atoms with Gasteiger partial charge >= 0.3 is 5.97 Å². The van der Waals surface area contributed by atoms with Crippen LogP contribution in [0.1, 0.15) is 34.9 Å². The molecule has 0 spiro atoms. The molecule has 122 valence electrons. The second kappa shape index (κ2) is 7.44. The van der Waals surface area contributed by atoms with E-state index in [1.807, 2.05) is 0 Å². The maximum absolute atomic E-state index is 12.1. The molecule has 0 aliphatic rings. The lowest BCUT2D eigenvalue weighted by molar-refractivity contribution is -0.145. The zero-order chi connectivity index (χ0) is 16.8. The Bertz CT molecular complexity index is 659. The number of rotatable bonds is 7. The van der Waals surface area contributed by atoms with Gasteiger partial charge in [0.1, 0.15) is 6.04 Å². The molecule has 23 heavy (non-hydrogen) atoms. The fraction of sp³-hybridized carbons (Fsp3) is 0.312. The molecule has 2 rings (SSSR count). The fourth-order valence-electron chi connectivity index (χ4n) is 1.93. The van der Waals surface area contributed by atoms with Crippen molar-refractivity contribution in [3.05, 3.63) is 48.2 Å². The minimum atomic E-state index is -0.871. The molecular formula is C16H18N2O5. The lowest BCUT2D eigenvalue weighted by Gasteiger charge is -2.20. The third kappa shape index (κ3) is 4.32. The molecule has 2 aromatic heterocycles. The monoisotopic (exact) mass is 318 g/mol. The van der Waals surface area contributed by atoms with Crippen LogP contribution in [0, 0.1) is 5.92 Å². The van der Waals surface area contributed by atoms with Gasteiger partial charge in [-0.15, -0.1) is 0 Å². The van der Waals surface area contributed by atoms with Crippen LogP contribution in [0.25, 0.3) is 0 Å². The molecule has 0 unspecified atom stereocenters. The molecule has 0 saturated carbocycles. The average molecular weight is 318 g/mol. The van der Waals surface area contributed by atoms with Gasteiger partial charge in [0.05, 0.1) is 12.0 Å². The Morgan fingerprint density at radius 2 is 2.04 bits per heavy atom. The van der Waals surface area contributed by atoms with E-state index in [0.29, 0.717) is 5.69 Å². The summed E-state index contributed by atoms with van der Waals surface area (Å²) >= 11 is 0. The van der Waals surface area contributed by atoms with Gasteiger partial charge in [-0.3, -0.25) is 9.59 Å². The van der Waals surface area contributed by atoms with E-state index in [4.69, 9.17) is 9.15 Å². The molecule has 0 aliphatic heterocycles. The quantitative estimate of drug-likeness (QED) is 0.598. The second-order valence-corrected chi connectivity index (χ2v) is 5.29. The molecule has 1 amide bonds. The number of carbonyl (C=O) groups is 3. The number of carbonyl (C=O) groups excluding carboxylic acids is 3. The number of ether oxygens (including phenoxy) is 1. The van der Waals surface area contributed by atoms with Crippen molar-refractivity contribution in [1.29, 1.82) is 0 Å². The summed E-state index contributed by atoms with van der Waals surface area (Å²) in [5.74, 6) is -1.63. The Morgan fingerprint density at radius 3 is 2.61 bits per heavy atom. The van der Waals surface area contributed by atoms with Crippen molar-refractivity contribution in [1.82, 2.24) is 10.3 Å². The van der Waals surface area contributed by atoms with Gasteiger partial charge in [-0.2, -0.15) is 0 Å². The topological polar surface area (TPSA) is 101 Å². The first kappa shape index (κ1) is 16.5. The summed E-state index contributed by atoms with van der Waals surface area (Å²) in [6.07, 6.45) is 2.97. The van der Waals surface area contributed by atoms with Crippen molar-refractivity contribution >= 4 is 17.7 Å². The van der Waals surface area contributed by atoms with Crippen molar-refractivity contribution in [2.45, 2.75) is 19.9 Å². The number of amides is 1. The minimum absolute atomic E-state index is 0.103. The molecular weight excluding hydrogens is 300 g/mol. The molecule has 0 aromatic carbocycles. The predicted molar refractivity (Wildman–Crippen MR) is 80.9 cm³/mol. The summed E-state index contributed by atoms with van der Waals surface area (Å²) in [7, 11) is 0. The van der Waals surface area contributed by atoms with Crippen LogP contribution < -0.4 is 5.32 Å². The molecule has 0 aliphatic carbocycles. The van der Waals surface area contributed by atoms with Gasteiger partial charge in [-0.05, 0) is 30.2 Å². The van der Waals surface area contributed by atoms with Crippen LogP contribution in [0.3, 0.4) is 0 Å². The number of aromatic nitrogens is 1. The number of hydrogen-bond acceptors (Lipinski definition) is 5. The van der Waals surface area contributed by atoms with E-state index < -0.39 is 17.9 Å². The van der Waals surface area contributed by atoms with Crippen molar-refractivity contribution in [3.8, 4) is 0 Å². The average Bonchev–Trinajstić information content (AvgIpc) is 3.22. The molecule has 2 heterocycles. The van der Waals surface area contributed by atoms with E-state index in [1.165, 1.54) is 12.3 Å². The highest BCUT2D eigenvalue weighted by Crippen LogP contribution is 2.08. The van der Waals surface area contributed by atoms with Crippen LogP contribution >= 0.6 is 0 Å². The number of aromatic amines is 1. The smallest absolute Gasteiger partial charge is 0.329 e. The molecule has 7 nitrogen and oxygen atoms in total. The number of esters is 1. The largest absolute Gasteiger partial charge is 0.459 e. The van der Waals surface area contributed by atoms with E-state index in [1.54, 1.807) is 38.2 Å². The summed E-state index contributed by atoms with van der Waals surface area (Å²) < 4.78 is 10.00. The number of ketones is 1. The maximum Gasteiger partial charge on any atom is 0.329 e. The number of H-pyrrole nitrogens is 1.